The van der Waals surface area contributed by atoms with Gasteiger partial charge in [0.1, 0.15) is 11.6 Å². The van der Waals surface area contributed by atoms with Crippen LogP contribution in [0.1, 0.15) is 0 Å². The van der Waals surface area contributed by atoms with E-state index in [2.05, 4.69) is 5.32 Å². The lowest BCUT2D eigenvalue weighted by Crippen LogP contribution is -2.48. The van der Waals surface area contributed by atoms with Crippen LogP contribution in [0.3, 0.4) is 0 Å². The Labute approximate surface area is 177 Å². The summed E-state index contributed by atoms with van der Waals surface area (Å²) in [5.74, 6) is -0.846. The molecule has 1 heterocycles. The molecule has 0 aliphatic carbocycles. The summed E-state index contributed by atoms with van der Waals surface area (Å²) in [6, 6.07) is 17.7. The van der Waals surface area contributed by atoms with Gasteiger partial charge in [-0.25, -0.2) is 12.8 Å². The third-order valence-electron chi connectivity index (χ3n) is 4.52. The second kappa shape index (κ2) is 7.97. The standard InChI is InChI=1S/C21H16ClFN2O4S/c22-14-8-10-17(11-9-14)30(27,28)25-13-20(29-19-7-2-1-6-18(19)25)21(26)24-16-5-3-4-15(23)12-16/h1-12,20H,13H2,(H,24,26). The summed E-state index contributed by atoms with van der Waals surface area (Å²) in [6.45, 7) is -0.247. The molecule has 1 amide bonds. The largest absolute Gasteiger partial charge is 0.476 e. The predicted octanol–water partition coefficient (Wildman–Crippen LogP) is 4.07. The summed E-state index contributed by atoms with van der Waals surface area (Å²) in [7, 11) is -3.98. The van der Waals surface area contributed by atoms with Crippen molar-refractivity contribution in [2.45, 2.75) is 11.0 Å². The van der Waals surface area contributed by atoms with Gasteiger partial charge in [0.2, 0.25) is 0 Å². The summed E-state index contributed by atoms with van der Waals surface area (Å²) in [5.41, 5.74) is 0.567. The van der Waals surface area contributed by atoms with Crippen LogP contribution in [0.25, 0.3) is 0 Å². The van der Waals surface area contributed by atoms with Gasteiger partial charge in [-0.05, 0) is 54.6 Å². The molecule has 0 fully saturated rings. The lowest BCUT2D eigenvalue weighted by atomic mass is 10.2. The first-order valence-electron chi connectivity index (χ1n) is 8.95. The van der Waals surface area contributed by atoms with E-state index in [1.54, 1.807) is 24.3 Å². The third-order valence-corrected chi connectivity index (χ3v) is 6.57. The van der Waals surface area contributed by atoms with Gasteiger partial charge in [-0.1, -0.05) is 29.8 Å². The van der Waals surface area contributed by atoms with Gasteiger partial charge in [-0.3, -0.25) is 9.10 Å². The van der Waals surface area contributed by atoms with Crippen molar-refractivity contribution in [1.29, 1.82) is 0 Å². The smallest absolute Gasteiger partial charge is 0.267 e. The van der Waals surface area contributed by atoms with Crippen LogP contribution in [0.4, 0.5) is 15.8 Å². The molecule has 1 unspecified atom stereocenters. The van der Waals surface area contributed by atoms with Crippen LogP contribution in [-0.4, -0.2) is 27.0 Å². The van der Waals surface area contributed by atoms with Gasteiger partial charge >= 0.3 is 0 Å². The van der Waals surface area contributed by atoms with Gasteiger partial charge < -0.3 is 10.1 Å². The zero-order chi connectivity index (χ0) is 21.3. The number of halogens is 2. The molecule has 30 heavy (non-hydrogen) atoms. The van der Waals surface area contributed by atoms with Crippen LogP contribution in [0.5, 0.6) is 5.75 Å². The van der Waals surface area contributed by atoms with Crippen molar-refractivity contribution < 1.29 is 22.3 Å². The van der Waals surface area contributed by atoms with Gasteiger partial charge in [0.15, 0.2) is 6.10 Å². The van der Waals surface area contributed by atoms with Gasteiger partial charge in [0, 0.05) is 10.7 Å². The van der Waals surface area contributed by atoms with Gasteiger partial charge in [0.05, 0.1) is 17.1 Å². The Morgan fingerprint density at radius 3 is 2.53 bits per heavy atom. The number of fused-ring (bicyclic) bond motifs is 1. The van der Waals surface area contributed by atoms with E-state index < -0.39 is 27.9 Å². The molecule has 3 aromatic rings. The van der Waals surface area contributed by atoms with Gasteiger partial charge in [0.25, 0.3) is 15.9 Å². The van der Waals surface area contributed by atoms with Crippen molar-refractivity contribution in [3.63, 3.8) is 0 Å². The molecule has 0 aromatic heterocycles. The molecule has 1 N–H and O–H groups in total. The molecule has 6 nitrogen and oxygen atoms in total. The molecule has 9 heteroatoms. The zero-order valence-electron chi connectivity index (χ0n) is 15.5. The Hall–Kier alpha value is -3.10. The average Bonchev–Trinajstić information content (AvgIpc) is 2.73. The molecule has 1 aliphatic rings. The number of sulfonamides is 1. The highest BCUT2D eigenvalue weighted by Gasteiger charge is 2.37. The summed E-state index contributed by atoms with van der Waals surface area (Å²) in [5, 5.41) is 2.97. The number of benzene rings is 3. The Balaban J connectivity index is 1.67. The molecule has 0 radical (unpaired) electrons. The van der Waals surface area contributed by atoms with E-state index in [-0.39, 0.29) is 22.9 Å². The fourth-order valence-corrected chi connectivity index (χ4v) is 4.69. The van der Waals surface area contributed by atoms with Crippen LogP contribution in [0.2, 0.25) is 5.02 Å². The minimum atomic E-state index is -3.98. The van der Waals surface area contributed by atoms with Gasteiger partial charge in [-0.2, -0.15) is 0 Å². The summed E-state index contributed by atoms with van der Waals surface area (Å²) in [4.78, 5) is 12.8. The van der Waals surface area contributed by atoms with E-state index in [0.29, 0.717) is 10.7 Å². The number of carbonyl (C=O) groups is 1. The Morgan fingerprint density at radius 2 is 1.80 bits per heavy atom. The van der Waals surface area contributed by atoms with Crippen LogP contribution in [0.15, 0.2) is 77.7 Å². The van der Waals surface area contributed by atoms with E-state index in [1.807, 2.05) is 0 Å². The van der Waals surface area contributed by atoms with Gasteiger partial charge in [-0.15, -0.1) is 0 Å². The number of hydrogen-bond acceptors (Lipinski definition) is 4. The van der Waals surface area contributed by atoms with E-state index >= 15 is 0 Å². The van der Waals surface area contributed by atoms with Crippen molar-refractivity contribution in [1.82, 2.24) is 0 Å². The van der Waals surface area contributed by atoms with Crippen molar-refractivity contribution in [3.05, 3.63) is 83.6 Å². The molecule has 0 saturated heterocycles. The SMILES string of the molecule is O=C(Nc1cccc(F)c1)C1CN(S(=O)(=O)c2ccc(Cl)cc2)c2ccccc2O1. The maximum Gasteiger partial charge on any atom is 0.267 e. The van der Waals surface area contributed by atoms with Crippen LogP contribution in [-0.2, 0) is 14.8 Å². The number of ether oxygens (including phenoxy) is 1. The van der Waals surface area contributed by atoms with E-state index in [0.717, 1.165) is 10.4 Å². The monoisotopic (exact) mass is 446 g/mol. The molecule has 0 spiro atoms. The Kier molecular flexibility index (Phi) is 5.36. The fraction of sp³-hybridized carbons (Fsp3) is 0.0952. The van der Waals surface area contributed by atoms with E-state index in [4.69, 9.17) is 16.3 Å². The van der Waals surface area contributed by atoms with Crippen molar-refractivity contribution in [2.24, 2.45) is 0 Å². The minimum absolute atomic E-state index is 0.0351. The average molecular weight is 447 g/mol. The maximum atomic E-state index is 13.4. The lowest BCUT2D eigenvalue weighted by molar-refractivity contribution is -0.122. The number of nitrogens with zero attached hydrogens (tertiary/aromatic N) is 1. The van der Waals surface area contributed by atoms with Crippen LogP contribution in [0, 0.1) is 5.82 Å². The molecular weight excluding hydrogens is 431 g/mol. The molecule has 3 aromatic carbocycles. The minimum Gasteiger partial charge on any atom is -0.476 e. The Bertz CT molecular complexity index is 1200. The quantitative estimate of drug-likeness (QED) is 0.655. The summed E-state index contributed by atoms with van der Waals surface area (Å²) >= 11 is 5.87. The van der Waals surface area contributed by atoms with Crippen LogP contribution >= 0.6 is 11.6 Å². The number of hydrogen-bond donors (Lipinski definition) is 1. The number of amides is 1. The first-order valence-corrected chi connectivity index (χ1v) is 10.8. The second-order valence-electron chi connectivity index (χ2n) is 6.56. The molecule has 154 valence electrons. The number of rotatable bonds is 4. The van der Waals surface area contributed by atoms with Crippen molar-refractivity contribution >= 4 is 38.9 Å². The second-order valence-corrected chi connectivity index (χ2v) is 8.86. The molecule has 0 bridgehead atoms. The first kappa shape index (κ1) is 20.2. The maximum absolute atomic E-state index is 13.4. The highest BCUT2D eigenvalue weighted by Crippen LogP contribution is 2.37. The predicted molar refractivity (Wildman–Crippen MR) is 112 cm³/mol. The number of carbonyl (C=O) groups excluding carboxylic acids is 1. The molecular formula is C21H16ClFN2O4S. The lowest BCUT2D eigenvalue weighted by Gasteiger charge is -2.34. The normalized spacial score (nSPS) is 15.8. The molecule has 4 rings (SSSR count). The highest BCUT2D eigenvalue weighted by molar-refractivity contribution is 7.92. The summed E-state index contributed by atoms with van der Waals surface area (Å²) in [6.07, 6.45) is -1.13. The summed E-state index contributed by atoms with van der Waals surface area (Å²) < 4.78 is 46.8. The van der Waals surface area contributed by atoms with Crippen molar-refractivity contribution in [2.75, 3.05) is 16.2 Å². The van der Waals surface area contributed by atoms with E-state index in [1.165, 1.54) is 42.5 Å². The van der Waals surface area contributed by atoms with Crippen molar-refractivity contribution in [3.8, 4) is 5.75 Å². The third kappa shape index (κ3) is 3.96. The number of nitrogens with one attached hydrogen (secondary N) is 1. The molecule has 0 saturated carbocycles. The highest BCUT2D eigenvalue weighted by atomic mass is 35.5. The number of para-hydroxylation sites is 2. The zero-order valence-corrected chi connectivity index (χ0v) is 17.0. The van der Waals surface area contributed by atoms with Crippen LogP contribution < -0.4 is 14.4 Å². The molecule has 1 atom stereocenters. The fourth-order valence-electron chi connectivity index (χ4n) is 3.09. The van der Waals surface area contributed by atoms with E-state index in [9.17, 15) is 17.6 Å². The number of anilines is 2. The first-order chi connectivity index (χ1) is 14.3. The molecule has 1 aliphatic heterocycles. The topological polar surface area (TPSA) is 75.7 Å². The Morgan fingerprint density at radius 1 is 1.07 bits per heavy atom.